The molecule has 7 N–H and O–H groups in total. The SMILES string of the molecule is NC(=O)CCC(N)=O.NCCC(=O)O. The van der Waals surface area contributed by atoms with Crippen molar-refractivity contribution in [1.29, 1.82) is 0 Å². The minimum atomic E-state index is -0.836. The molecule has 0 unspecified atom stereocenters. The maximum Gasteiger partial charge on any atom is 0.304 e. The van der Waals surface area contributed by atoms with E-state index >= 15 is 0 Å². The Bertz CT molecular complexity index is 191. The van der Waals surface area contributed by atoms with Gasteiger partial charge >= 0.3 is 5.97 Å². The van der Waals surface area contributed by atoms with Crippen molar-refractivity contribution in [3.05, 3.63) is 0 Å². The second-order valence-corrected chi connectivity index (χ2v) is 2.37. The lowest BCUT2D eigenvalue weighted by molar-refractivity contribution is -0.136. The van der Waals surface area contributed by atoms with Gasteiger partial charge in [0.25, 0.3) is 0 Å². The summed E-state index contributed by atoms with van der Waals surface area (Å²) < 4.78 is 0. The summed E-state index contributed by atoms with van der Waals surface area (Å²) >= 11 is 0. The number of carboxylic acids is 1. The van der Waals surface area contributed by atoms with E-state index < -0.39 is 17.8 Å². The van der Waals surface area contributed by atoms with Crippen LogP contribution in [0.15, 0.2) is 0 Å². The van der Waals surface area contributed by atoms with Crippen LogP contribution >= 0.6 is 0 Å². The molecule has 0 aromatic heterocycles. The van der Waals surface area contributed by atoms with Crippen LogP contribution in [-0.2, 0) is 14.4 Å². The molecule has 0 fully saturated rings. The fourth-order valence-corrected chi connectivity index (χ4v) is 0.370. The van der Waals surface area contributed by atoms with Gasteiger partial charge in [-0.3, -0.25) is 14.4 Å². The van der Waals surface area contributed by atoms with E-state index in [-0.39, 0.29) is 25.8 Å². The third kappa shape index (κ3) is 22.4. The number of primary amides is 2. The summed E-state index contributed by atoms with van der Waals surface area (Å²) in [5, 5.41) is 7.83. The molecule has 0 aliphatic rings. The third-order valence-corrected chi connectivity index (χ3v) is 0.976. The Morgan fingerprint density at radius 3 is 1.36 bits per heavy atom. The van der Waals surface area contributed by atoms with Gasteiger partial charge in [-0.25, -0.2) is 0 Å². The number of amides is 2. The molecule has 0 aliphatic carbocycles. The highest BCUT2D eigenvalue weighted by molar-refractivity contribution is 5.81. The maximum absolute atomic E-state index is 9.92. The number of rotatable bonds is 5. The van der Waals surface area contributed by atoms with Gasteiger partial charge in [-0.15, -0.1) is 0 Å². The number of hydrogen-bond donors (Lipinski definition) is 4. The number of hydrogen-bond acceptors (Lipinski definition) is 4. The van der Waals surface area contributed by atoms with Crippen LogP contribution in [0.5, 0.6) is 0 Å². The van der Waals surface area contributed by atoms with Crippen LogP contribution in [-0.4, -0.2) is 29.4 Å². The first-order chi connectivity index (χ1) is 6.40. The van der Waals surface area contributed by atoms with Crippen molar-refractivity contribution in [2.75, 3.05) is 6.54 Å². The molecule has 2 amide bonds. The van der Waals surface area contributed by atoms with Crippen molar-refractivity contribution in [1.82, 2.24) is 0 Å². The fourth-order valence-electron chi connectivity index (χ4n) is 0.370. The van der Waals surface area contributed by atoms with Gasteiger partial charge < -0.3 is 22.3 Å². The van der Waals surface area contributed by atoms with Crippen molar-refractivity contribution < 1.29 is 19.5 Å². The molecule has 7 nitrogen and oxygen atoms in total. The average Bonchev–Trinajstić information content (AvgIpc) is 2.01. The Kier molecular flexibility index (Phi) is 10.0. The van der Waals surface area contributed by atoms with Crippen molar-refractivity contribution in [3.8, 4) is 0 Å². The third-order valence-electron chi connectivity index (χ3n) is 0.976. The summed E-state index contributed by atoms with van der Waals surface area (Å²) in [4.78, 5) is 29.4. The van der Waals surface area contributed by atoms with Gasteiger partial charge in [-0.2, -0.15) is 0 Å². The molecular formula is C7H15N3O4. The zero-order valence-corrected chi connectivity index (χ0v) is 7.73. The summed E-state index contributed by atoms with van der Waals surface area (Å²) in [6.07, 6.45) is 0.171. The molecule has 0 bridgehead atoms. The first-order valence-electron chi connectivity index (χ1n) is 3.88. The molecule has 0 saturated heterocycles. The lowest BCUT2D eigenvalue weighted by Gasteiger charge is -1.87. The van der Waals surface area contributed by atoms with Gasteiger partial charge in [0.05, 0.1) is 6.42 Å². The Morgan fingerprint density at radius 2 is 1.29 bits per heavy atom. The van der Waals surface area contributed by atoms with E-state index in [9.17, 15) is 14.4 Å². The zero-order valence-electron chi connectivity index (χ0n) is 7.73. The van der Waals surface area contributed by atoms with E-state index in [4.69, 9.17) is 22.3 Å². The van der Waals surface area contributed by atoms with Gasteiger partial charge in [0.2, 0.25) is 11.8 Å². The second-order valence-electron chi connectivity index (χ2n) is 2.37. The van der Waals surface area contributed by atoms with Crippen LogP contribution < -0.4 is 17.2 Å². The second kappa shape index (κ2) is 9.46. The zero-order chi connectivity index (χ0) is 11.6. The monoisotopic (exact) mass is 205 g/mol. The summed E-state index contributed by atoms with van der Waals surface area (Å²) in [5.74, 6) is -1.83. The molecule has 0 spiro atoms. The molecule has 0 aromatic rings. The highest BCUT2D eigenvalue weighted by atomic mass is 16.4. The van der Waals surface area contributed by atoms with Gasteiger partial charge in [0, 0.05) is 19.4 Å². The van der Waals surface area contributed by atoms with Crippen LogP contribution in [0.1, 0.15) is 19.3 Å². The summed E-state index contributed by atoms with van der Waals surface area (Å²) in [5.41, 5.74) is 14.2. The standard InChI is InChI=1S/C4H8N2O2.C3H7NO2/c5-3(7)1-2-4(6)8;4-2-1-3(5)6/h1-2H2,(H2,5,7)(H2,6,8);1-2,4H2,(H,5,6). The Balaban J connectivity index is 0. The maximum atomic E-state index is 9.92. The average molecular weight is 205 g/mol. The van der Waals surface area contributed by atoms with Gasteiger partial charge in [-0.1, -0.05) is 0 Å². The van der Waals surface area contributed by atoms with E-state index in [2.05, 4.69) is 0 Å². The van der Waals surface area contributed by atoms with Crippen molar-refractivity contribution in [3.63, 3.8) is 0 Å². The van der Waals surface area contributed by atoms with Gasteiger partial charge in [0.1, 0.15) is 0 Å². The minimum Gasteiger partial charge on any atom is -0.481 e. The Morgan fingerprint density at radius 1 is 0.929 bits per heavy atom. The first kappa shape index (κ1) is 14.9. The smallest absolute Gasteiger partial charge is 0.304 e. The molecule has 0 heterocycles. The number of carbonyl (C=O) groups excluding carboxylic acids is 2. The number of nitrogens with two attached hydrogens (primary N) is 3. The molecule has 0 atom stereocenters. The lowest BCUT2D eigenvalue weighted by Crippen LogP contribution is -2.16. The molecule has 82 valence electrons. The summed E-state index contributed by atoms with van der Waals surface area (Å²) in [6.45, 7) is 0.231. The molecular weight excluding hydrogens is 190 g/mol. The van der Waals surface area contributed by atoms with E-state index in [0.717, 1.165) is 0 Å². The van der Waals surface area contributed by atoms with E-state index in [1.807, 2.05) is 0 Å². The molecule has 14 heavy (non-hydrogen) atoms. The first-order valence-corrected chi connectivity index (χ1v) is 3.88. The molecule has 7 heteroatoms. The number of carbonyl (C=O) groups is 3. The predicted octanol–water partition coefficient (Wildman–Crippen LogP) is -1.84. The fraction of sp³-hybridized carbons (Fsp3) is 0.571. The number of carboxylic acid groups (broad SMARTS) is 1. The van der Waals surface area contributed by atoms with Crippen LogP contribution in [0.4, 0.5) is 0 Å². The Labute approximate surface area is 81.2 Å². The van der Waals surface area contributed by atoms with Crippen molar-refractivity contribution >= 4 is 17.8 Å². The normalized spacial score (nSPS) is 8.36. The molecule has 0 saturated carbocycles. The Hall–Kier alpha value is -1.63. The topological polar surface area (TPSA) is 150 Å². The highest BCUT2D eigenvalue weighted by Gasteiger charge is 1.96. The molecule has 0 aliphatic heterocycles. The van der Waals surface area contributed by atoms with Crippen LogP contribution in [0.25, 0.3) is 0 Å². The predicted molar refractivity (Wildman–Crippen MR) is 48.9 cm³/mol. The quantitative estimate of drug-likeness (QED) is 0.415. The van der Waals surface area contributed by atoms with E-state index in [1.165, 1.54) is 0 Å². The van der Waals surface area contributed by atoms with Crippen molar-refractivity contribution in [2.45, 2.75) is 19.3 Å². The van der Waals surface area contributed by atoms with Crippen LogP contribution in [0.2, 0.25) is 0 Å². The van der Waals surface area contributed by atoms with Gasteiger partial charge in [-0.05, 0) is 0 Å². The lowest BCUT2D eigenvalue weighted by atomic mass is 10.3. The minimum absolute atomic E-state index is 0.0509. The largest absolute Gasteiger partial charge is 0.481 e. The van der Waals surface area contributed by atoms with Gasteiger partial charge in [0.15, 0.2) is 0 Å². The molecule has 0 rings (SSSR count). The molecule has 0 aromatic carbocycles. The number of aliphatic carboxylic acids is 1. The summed E-state index contributed by atoms with van der Waals surface area (Å²) in [6, 6.07) is 0. The summed E-state index contributed by atoms with van der Waals surface area (Å²) in [7, 11) is 0. The van der Waals surface area contributed by atoms with E-state index in [1.54, 1.807) is 0 Å². The molecule has 0 radical (unpaired) electrons. The van der Waals surface area contributed by atoms with E-state index in [0.29, 0.717) is 0 Å². The van der Waals surface area contributed by atoms with Crippen molar-refractivity contribution in [2.24, 2.45) is 17.2 Å². The highest BCUT2D eigenvalue weighted by Crippen LogP contribution is 1.82. The van der Waals surface area contributed by atoms with Crippen LogP contribution in [0, 0.1) is 0 Å². The van der Waals surface area contributed by atoms with Crippen LogP contribution in [0.3, 0.4) is 0 Å².